The van der Waals surface area contributed by atoms with E-state index in [9.17, 15) is 18.0 Å². The number of allylic oxidation sites excluding steroid dienone is 1. The first-order chi connectivity index (χ1) is 11.8. The van der Waals surface area contributed by atoms with Crippen molar-refractivity contribution in [2.75, 3.05) is 18.9 Å². The molecule has 0 bridgehead atoms. The summed E-state index contributed by atoms with van der Waals surface area (Å²) in [5, 5.41) is 0.347. The molecule has 0 atom stereocenters. The molecule has 0 N–H and O–H groups in total. The van der Waals surface area contributed by atoms with E-state index in [1.807, 2.05) is 6.07 Å². The smallest absolute Gasteiger partial charge is 0.441 e. The van der Waals surface area contributed by atoms with Gasteiger partial charge in [-0.2, -0.15) is 13.2 Å². The Morgan fingerprint density at radius 2 is 2.24 bits per heavy atom. The Hall–Kier alpha value is -1.74. The van der Waals surface area contributed by atoms with Crippen molar-refractivity contribution in [3.8, 4) is 0 Å². The standard InChI is InChI=1S/C15H16ClF3N3O2S/c1-2-21(14(23)24-7-4-8-25-15(17,18)19)12-10-22(13(12)16)11-5-3-6-20-9-11/h3,5-6,9-10H,2,4,7-8H2,1H3/q+1. The molecule has 0 spiro atoms. The number of hydrogen-bond donors (Lipinski definition) is 0. The summed E-state index contributed by atoms with van der Waals surface area (Å²) in [5.41, 5.74) is -3.03. The molecule has 1 aromatic heterocycles. The number of amides is 1. The van der Waals surface area contributed by atoms with Gasteiger partial charge >= 0.3 is 16.8 Å². The molecule has 0 radical (unpaired) electrons. The van der Waals surface area contributed by atoms with Gasteiger partial charge in [-0.25, -0.2) is 4.79 Å². The van der Waals surface area contributed by atoms with Crippen molar-refractivity contribution < 1.29 is 27.3 Å². The molecular formula is C15H16ClF3N3O2S+. The Morgan fingerprint density at radius 3 is 2.80 bits per heavy atom. The molecule has 0 saturated carbocycles. The van der Waals surface area contributed by atoms with Crippen LogP contribution < -0.4 is 0 Å². The molecule has 0 saturated heterocycles. The van der Waals surface area contributed by atoms with Crippen molar-refractivity contribution in [3.05, 3.63) is 36.4 Å². The quantitative estimate of drug-likeness (QED) is 0.510. The summed E-state index contributed by atoms with van der Waals surface area (Å²) in [7, 11) is 0. The minimum atomic E-state index is -4.27. The van der Waals surface area contributed by atoms with E-state index in [-0.39, 0.29) is 30.5 Å². The number of alkyl halides is 3. The van der Waals surface area contributed by atoms with Gasteiger partial charge < -0.3 is 4.74 Å². The van der Waals surface area contributed by atoms with Gasteiger partial charge in [-0.15, -0.1) is 4.58 Å². The summed E-state index contributed by atoms with van der Waals surface area (Å²) in [6, 6.07) is 3.58. The Bertz CT molecular complexity index is 680. The van der Waals surface area contributed by atoms with Crippen molar-refractivity contribution in [1.29, 1.82) is 0 Å². The highest BCUT2D eigenvalue weighted by Gasteiger charge is 2.37. The van der Waals surface area contributed by atoms with Crippen LogP contribution in [-0.2, 0) is 4.74 Å². The van der Waals surface area contributed by atoms with Gasteiger partial charge in [-0.05, 0) is 31.0 Å². The van der Waals surface area contributed by atoms with Crippen LogP contribution in [0.15, 0.2) is 36.4 Å². The van der Waals surface area contributed by atoms with Gasteiger partial charge in [0.1, 0.15) is 0 Å². The van der Waals surface area contributed by atoms with E-state index in [4.69, 9.17) is 16.3 Å². The van der Waals surface area contributed by atoms with Crippen LogP contribution in [0.3, 0.4) is 0 Å². The molecule has 0 unspecified atom stereocenters. The maximum atomic E-state index is 12.1. The van der Waals surface area contributed by atoms with Crippen LogP contribution >= 0.6 is 23.4 Å². The molecule has 1 amide bonds. The average molecular weight is 395 g/mol. The fourth-order valence-electron chi connectivity index (χ4n) is 2.04. The Labute approximate surface area is 152 Å². The third kappa shape index (κ3) is 5.37. The van der Waals surface area contributed by atoms with E-state index < -0.39 is 11.6 Å². The number of pyridine rings is 1. The second-order valence-corrected chi connectivity index (χ2v) is 6.41. The lowest BCUT2D eigenvalue weighted by Gasteiger charge is -2.23. The summed E-state index contributed by atoms with van der Waals surface area (Å²) >= 11 is 6.10. The number of rotatable bonds is 7. The molecule has 1 aliphatic rings. The lowest BCUT2D eigenvalue weighted by Crippen LogP contribution is -2.39. The maximum absolute atomic E-state index is 12.1. The Balaban J connectivity index is 1.85. The molecule has 5 nitrogen and oxygen atoms in total. The summed E-state index contributed by atoms with van der Waals surface area (Å²) in [5.74, 6) is -0.159. The molecule has 2 rings (SSSR count). The van der Waals surface area contributed by atoms with Gasteiger partial charge in [-0.1, -0.05) is 11.8 Å². The SMILES string of the molecule is CCN(C(=O)OCCCSC(F)(F)F)C1=C[N+](c2cccnc2)=C1Cl. The fraction of sp³-hybridized carbons (Fsp3) is 0.400. The van der Waals surface area contributed by atoms with Gasteiger partial charge in [0.15, 0.2) is 5.70 Å². The van der Waals surface area contributed by atoms with Crippen LogP contribution in [0.2, 0.25) is 0 Å². The largest absolute Gasteiger partial charge is 0.449 e. The predicted molar refractivity (Wildman–Crippen MR) is 90.0 cm³/mol. The lowest BCUT2D eigenvalue weighted by atomic mass is 10.3. The fourth-order valence-corrected chi connectivity index (χ4v) is 2.83. The number of carbonyl (C=O) groups is 1. The molecule has 2 heterocycles. The number of carbonyl (C=O) groups excluding carboxylic acids is 1. The molecule has 25 heavy (non-hydrogen) atoms. The predicted octanol–water partition coefficient (Wildman–Crippen LogP) is 4.32. The molecular weight excluding hydrogens is 379 g/mol. The highest BCUT2D eigenvalue weighted by atomic mass is 35.5. The molecule has 0 aromatic carbocycles. The summed E-state index contributed by atoms with van der Waals surface area (Å²) in [4.78, 5) is 17.4. The maximum Gasteiger partial charge on any atom is 0.441 e. The van der Waals surface area contributed by atoms with E-state index in [1.165, 1.54) is 4.90 Å². The summed E-state index contributed by atoms with van der Waals surface area (Å²) < 4.78 is 42.7. The zero-order valence-electron chi connectivity index (χ0n) is 13.3. The zero-order chi connectivity index (χ0) is 18.4. The van der Waals surface area contributed by atoms with Gasteiger partial charge in [-0.3, -0.25) is 9.88 Å². The number of ether oxygens (including phenoxy) is 1. The highest BCUT2D eigenvalue weighted by molar-refractivity contribution is 8.00. The topological polar surface area (TPSA) is 45.4 Å². The lowest BCUT2D eigenvalue weighted by molar-refractivity contribution is -0.373. The third-order valence-electron chi connectivity index (χ3n) is 3.21. The molecule has 0 fully saturated rings. The first-order valence-corrected chi connectivity index (χ1v) is 8.78. The number of aromatic nitrogens is 1. The van der Waals surface area contributed by atoms with Gasteiger partial charge in [0.05, 0.1) is 12.8 Å². The number of halogens is 4. The summed E-state index contributed by atoms with van der Waals surface area (Å²) in [6.07, 6.45) is 4.40. The van der Waals surface area contributed by atoms with Crippen LogP contribution in [0.5, 0.6) is 0 Å². The number of thioether (sulfide) groups is 1. The van der Waals surface area contributed by atoms with Crippen LogP contribution in [0, 0.1) is 0 Å². The van der Waals surface area contributed by atoms with Crippen molar-refractivity contribution in [2.45, 2.75) is 18.9 Å². The number of nitrogens with zero attached hydrogens (tertiary/aromatic N) is 3. The summed E-state index contributed by atoms with van der Waals surface area (Å²) in [6.45, 7) is 1.98. The van der Waals surface area contributed by atoms with Crippen molar-refractivity contribution >= 4 is 40.3 Å². The molecule has 10 heteroatoms. The van der Waals surface area contributed by atoms with E-state index in [0.29, 0.717) is 17.4 Å². The minimum absolute atomic E-state index is 0.0877. The van der Waals surface area contributed by atoms with E-state index in [0.717, 1.165) is 5.69 Å². The first-order valence-electron chi connectivity index (χ1n) is 7.42. The molecule has 0 aliphatic carbocycles. The normalized spacial score (nSPS) is 14.0. The minimum Gasteiger partial charge on any atom is -0.449 e. The molecule has 1 aromatic rings. The van der Waals surface area contributed by atoms with E-state index in [1.54, 1.807) is 36.2 Å². The van der Waals surface area contributed by atoms with Gasteiger partial charge in [0.25, 0.3) is 0 Å². The monoisotopic (exact) mass is 394 g/mol. The van der Waals surface area contributed by atoms with E-state index >= 15 is 0 Å². The van der Waals surface area contributed by atoms with Crippen molar-refractivity contribution in [3.63, 3.8) is 0 Å². The van der Waals surface area contributed by atoms with Crippen LogP contribution in [0.1, 0.15) is 13.3 Å². The van der Waals surface area contributed by atoms with Crippen LogP contribution in [0.4, 0.5) is 23.7 Å². The van der Waals surface area contributed by atoms with Gasteiger partial charge in [0, 0.05) is 24.6 Å². The average Bonchev–Trinajstić information content (AvgIpc) is 2.57. The second-order valence-electron chi connectivity index (χ2n) is 4.89. The van der Waals surface area contributed by atoms with E-state index in [2.05, 4.69) is 4.98 Å². The Morgan fingerprint density at radius 1 is 1.48 bits per heavy atom. The number of hydrogen-bond acceptors (Lipinski definition) is 4. The third-order valence-corrected chi connectivity index (χ3v) is 4.40. The highest BCUT2D eigenvalue weighted by Crippen LogP contribution is 2.30. The van der Waals surface area contributed by atoms with Crippen LogP contribution in [-0.4, -0.2) is 50.1 Å². The first kappa shape index (κ1) is 19.6. The zero-order valence-corrected chi connectivity index (χ0v) is 14.9. The van der Waals surface area contributed by atoms with Gasteiger partial charge in [0.2, 0.25) is 11.9 Å². The second kappa shape index (κ2) is 8.57. The molecule has 136 valence electrons. The van der Waals surface area contributed by atoms with Crippen molar-refractivity contribution in [2.24, 2.45) is 0 Å². The molecule has 1 aliphatic heterocycles. The van der Waals surface area contributed by atoms with Crippen molar-refractivity contribution in [1.82, 2.24) is 9.88 Å². The van der Waals surface area contributed by atoms with Crippen LogP contribution in [0.25, 0.3) is 0 Å². The Kier molecular flexibility index (Phi) is 6.71.